The monoisotopic (exact) mass is 390 g/mol. The first-order chi connectivity index (χ1) is 12.5. The molecule has 0 atom stereocenters. The lowest BCUT2D eigenvalue weighted by molar-refractivity contribution is 0.593. The van der Waals surface area contributed by atoms with Crippen molar-refractivity contribution in [2.75, 3.05) is 11.1 Å². The summed E-state index contributed by atoms with van der Waals surface area (Å²) in [6.45, 7) is 6.32. The molecule has 3 heterocycles. The standard InChI is InChI=1S/C17H19ClN6OS/c1-4-26-12-6-5-11(19-8-12)7-20-14-16(25)24(10(2)3)15-13(22-14)9-21-17(18)23-15/h5-6,8-10H,4,7H2,1-3H3,(H,20,22). The summed E-state index contributed by atoms with van der Waals surface area (Å²) in [7, 11) is 0. The Morgan fingerprint density at radius 2 is 2.04 bits per heavy atom. The summed E-state index contributed by atoms with van der Waals surface area (Å²) >= 11 is 7.61. The zero-order valence-corrected chi connectivity index (χ0v) is 16.3. The van der Waals surface area contributed by atoms with E-state index in [0.29, 0.717) is 17.7 Å². The Morgan fingerprint density at radius 3 is 2.69 bits per heavy atom. The van der Waals surface area contributed by atoms with Crippen molar-refractivity contribution in [3.8, 4) is 0 Å². The molecule has 0 amide bonds. The molecular weight excluding hydrogens is 372 g/mol. The molecule has 0 saturated carbocycles. The Kier molecular flexibility index (Phi) is 5.73. The summed E-state index contributed by atoms with van der Waals surface area (Å²) in [5, 5.41) is 3.17. The van der Waals surface area contributed by atoms with Crippen LogP contribution in [0, 0.1) is 0 Å². The van der Waals surface area contributed by atoms with Gasteiger partial charge >= 0.3 is 0 Å². The molecule has 3 aromatic rings. The van der Waals surface area contributed by atoms with Gasteiger partial charge in [-0.15, -0.1) is 11.8 Å². The molecule has 7 nitrogen and oxygen atoms in total. The Labute approximate surface area is 160 Å². The van der Waals surface area contributed by atoms with E-state index in [9.17, 15) is 4.79 Å². The molecule has 0 spiro atoms. The van der Waals surface area contributed by atoms with Crippen molar-refractivity contribution in [1.82, 2.24) is 24.5 Å². The minimum Gasteiger partial charge on any atom is -0.360 e. The van der Waals surface area contributed by atoms with Gasteiger partial charge in [0.1, 0.15) is 5.52 Å². The summed E-state index contributed by atoms with van der Waals surface area (Å²) in [6.07, 6.45) is 3.35. The van der Waals surface area contributed by atoms with Crippen LogP contribution in [-0.4, -0.2) is 30.3 Å². The maximum atomic E-state index is 12.8. The number of thioether (sulfide) groups is 1. The average Bonchev–Trinajstić information content (AvgIpc) is 2.61. The average molecular weight is 391 g/mol. The van der Waals surface area contributed by atoms with Crippen LogP contribution in [0.25, 0.3) is 11.2 Å². The van der Waals surface area contributed by atoms with Crippen LogP contribution >= 0.6 is 23.4 Å². The maximum absolute atomic E-state index is 12.8. The van der Waals surface area contributed by atoms with E-state index >= 15 is 0 Å². The second-order valence-electron chi connectivity index (χ2n) is 5.85. The number of rotatable bonds is 6. The number of anilines is 1. The van der Waals surface area contributed by atoms with Gasteiger partial charge in [0, 0.05) is 17.1 Å². The van der Waals surface area contributed by atoms with E-state index in [1.165, 1.54) is 6.20 Å². The lowest BCUT2D eigenvalue weighted by atomic mass is 10.3. The van der Waals surface area contributed by atoms with Crippen LogP contribution in [0.4, 0.5) is 5.82 Å². The van der Waals surface area contributed by atoms with Crippen LogP contribution in [0.2, 0.25) is 5.28 Å². The van der Waals surface area contributed by atoms with E-state index < -0.39 is 0 Å². The molecule has 136 valence electrons. The maximum Gasteiger partial charge on any atom is 0.295 e. The molecule has 0 radical (unpaired) electrons. The molecule has 0 unspecified atom stereocenters. The van der Waals surface area contributed by atoms with E-state index in [1.807, 2.05) is 32.2 Å². The normalized spacial score (nSPS) is 11.3. The van der Waals surface area contributed by atoms with E-state index in [1.54, 1.807) is 16.3 Å². The second kappa shape index (κ2) is 8.01. The zero-order valence-electron chi connectivity index (χ0n) is 14.7. The van der Waals surface area contributed by atoms with Gasteiger partial charge in [-0.3, -0.25) is 14.3 Å². The minimum absolute atomic E-state index is 0.0862. The number of halogens is 1. The smallest absolute Gasteiger partial charge is 0.295 e. The van der Waals surface area contributed by atoms with Crippen molar-refractivity contribution >= 4 is 40.3 Å². The number of hydrogen-bond acceptors (Lipinski definition) is 7. The van der Waals surface area contributed by atoms with Gasteiger partial charge in [0.2, 0.25) is 5.28 Å². The van der Waals surface area contributed by atoms with Gasteiger partial charge in [-0.1, -0.05) is 6.92 Å². The third kappa shape index (κ3) is 3.96. The van der Waals surface area contributed by atoms with Crippen molar-refractivity contribution < 1.29 is 0 Å². The molecule has 0 aromatic carbocycles. The van der Waals surface area contributed by atoms with E-state index in [4.69, 9.17) is 11.6 Å². The molecule has 1 N–H and O–H groups in total. The highest BCUT2D eigenvalue weighted by atomic mass is 35.5. The molecule has 0 aliphatic rings. The number of aromatic nitrogens is 5. The fraction of sp³-hybridized carbons (Fsp3) is 0.353. The van der Waals surface area contributed by atoms with Crippen LogP contribution in [0.3, 0.4) is 0 Å². The van der Waals surface area contributed by atoms with Gasteiger partial charge < -0.3 is 5.32 Å². The number of fused-ring (bicyclic) bond motifs is 1. The van der Waals surface area contributed by atoms with E-state index in [-0.39, 0.29) is 22.7 Å². The van der Waals surface area contributed by atoms with Crippen molar-refractivity contribution in [2.45, 2.75) is 38.3 Å². The molecule has 0 fully saturated rings. The Morgan fingerprint density at radius 1 is 1.23 bits per heavy atom. The molecule has 0 saturated heterocycles. The molecule has 9 heteroatoms. The van der Waals surface area contributed by atoms with E-state index in [0.717, 1.165) is 16.3 Å². The van der Waals surface area contributed by atoms with Crippen molar-refractivity contribution in [3.05, 3.63) is 45.9 Å². The fourth-order valence-corrected chi connectivity index (χ4v) is 3.27. The van der Waals surface area contributed by atoms with Crippen LogP contribution in [0.5, 0.6) is 0 Å². The van der Waals surface area contributed by atoms with Gasteiger partial charge in [0.05, 0.1) is 18.4 Å². The number of hydrogen-bond donors (Lipinski definition) is 1. The van der Waals surface area contributed by atoms with Crippen LogP contribution in [-0.2, 0) is 6.54 Å². The number of pyridine rings is 1. The zero-order chi connectivity index (χ0) is 18.7. The Bertz CT molecular complexity index is 973. The predicted octanol–water partition coefficient (Wildman–Crippen LogP) is 3.54. The van der Waals surface area contributed by atoms with Crippen molar-refractivity contribution in [3.63, 3.8) is 0 Å². The largest absolute Gasteiger partial charge is 0.360 e. The summed E-state index contributed by atoms with van der Waals surface area (Å²) in [6, 6.07) is 3.87. The highest BCUT2D eigenvalue weighted by Crippen LogP contribution is 2.17. The van der Waals surface area contributed by atoms with Crippen LogP contribution in [0.15, 0.2) is 34.2 Å². The summed E-state index contributed by atoms with van der Waals surface area (Å²) in [5.41, 5.74) is 1.51. The molecule has 0 bridgehead atoms. The third-order valence-corrected chi connectivity index (χ3v) is 4.71. The van der Waals surface area contributed by atoms with Gasteiger partial charge in [0.15, 0.2) is 11.5 Å². The molecule has 0 aliphatic heterocycles. The molecule has 26 heavy (non-hydrogen) atoms. The summed E-state index contributed by atoms with van der Waals surface area (Å²) in [4.78, 5) is 30.8. The Balaban J connectivity index is 1.91. The minimum atomic E-state index is -0.250. The highest BCUT2D eigenvalue weighted by Gasteiger charge is 2.15. The molecule has 0 aliphatic carbocycles. The van der Waals surface area contributed by atoms with Gasteiger partial charge in [-0.05, 0) is 43.3 Å². The van der Waals surface area contributed by atoms with Crippen LogP contribution < -0.4 is 10.9 Å². The SMILES string of the molecule is CCSc1ccc(CNc2nc3cnc(Cl)nc3n(C(C)C)c2=O)nc1. The predicted molar refractivity (Wildman–Crippen MR) is 105 cm³/mol. The topological polar surface area (TPSA) is 85.6 Å². The van der Waals surface area contributed by atoms with Crippen molar-refractivity contribution in [2.24, 2.45) is 0 Å². The molecule has 3 aromatic heterocycles. The van der Waals surface area contributed by atoms with Crippen LogP contribution in [0.1, 0.15) is 32.5 Å². The first-order valence-corrected chi connectivity index (χ1v) is 9.62. The lowest BCUT2D eigenvalue weighted by Crippen LogP contribution is -2.27. The first-order valence-electron chi connectivity index (χ1n) is 8.26. The molecule has 3 rings (SSSR count). The first kappa shape index (κ1) is 18.6. The van der Waals surface area contributed by atoms with Gasteiger partial charge in [-0.2, -0.15) is 4.98 Å². The third-order valence-electron chi connectivity index (χ3n) is 3.66. The van der Waals surface area contributed by atoms with Gasteiger partial charge in [0.25, 0.3) is 5.56 Å². The summed E-state index contributed by atoms with van der Waals surface area (Å²) < 4.78 is 1.56. The fourth-order valence-electron chi connectivity index (χ4n) is 2.52. The lowest BCUT2D eigenvalue weighted by Gasteiger charge is -2.15. The molecular formula is C17H19ClN6OS. The highest BCUT2D eigenvalue weighted by molar-refractivity contribution is 7.99. The van der Waals surface area contributed by atoms with E-state index in [2.05, 4.69) is 32.2 Å². The number of nitrogens with zero attached hydrogens (tertiary/aromatic N) is 5. The second-order valence-corrected chi connectivity index (χ2v) is 7.52. The van der Waals surface area contributed by atoms with Gasteiger partial charge in [-0.25, -0.2) is 9.97 Å². The quantitative estimate of drug-likeness (QED) is 0.508. The number of nitrogens with one attached hydrogen (secondary N) is 1. The Hall–Kier alpha value is -2.19. The summed E-state index contributed by atoms with van der Waals surface area (Å²) in [5.74, 6) is 1.24. The van der Waals surface area contributed by atoms with Crippen molar-refractivity contribution in [1.29, 1.82) is 0 Å².